The van der Waals surface area contributed by atoms with Gasteiger partial charge >= 0.3 is 0 Å². The number of carbonyl (C=O) groups is 1. The predicted molar refractivity (Wildman–Crippen MR) is 114 cm³/mol. The van der Waals surface area contributed by atoms with Gasteiger partial charge in [-0.1, -0.05) is 17.3 Å². The van der Waals surface area contributed by atoms with Gasteiger partial charge in [0.25, 0.3) is 5.91 Å². The van der Waals surface area contributed by atoms with Crippen LogP contribution in [0.15, 0.2) is 53.1 Å². The number of anilines is 1. The number of hydrogen-bond donors (Lipinski definition) is 1. The Hall–Kier alpha value is -3.28. The molecule has 0 aliphatic heterocycles. The monoisotopic (exact) mass is 406 g/mol. The molecule has 1 aromatic heterocycles. The van der Waals surface area contributed by atoms with Gasteiger partial charge in [-0.25, -0.2) is 0 Å². The molecule has 1 aliphatic rings. The van der Waals surface area contributed by atoms with E-state index in [0.717, 1.165) is 29.8 Å². The summed E-state index contributed by atoms with van der Waals surface area (Å²) in [6.07, 6.45) is 5.01. The fourth-order valence-corrected chi connectivity index (χ4v) is 3.65. The smallest absolute Gasteiger partial charge is 0.259 e. The summed E-state index contributed by atoms with van der Waals surface area (Å²) in [4.78, 5) is 12.8. The summed E-state index contributed by atoms with van der Waals surface area (Å²) < 4.78 is 17.1. The van der Waals surface area contributed by atoms with Crippen molar-refractivity contribution in [3.8, 4) is 11.5 Å². The maximum atomic E-state index is 12.8. The Kier molecular flexibility index (Phi) is 6.02. The molecule has 30 heavy (non-hydrogen) atoms. The van der Waals surface area contributed by atoms with Gasteiger partial charge in [0.1, 0.15) is 23.9 Å². The van der Waals surface area contributed by atoms with Gasteiger partial charge in [0, 0.05) is 5.69 Å². The van der Waals surface area contributed by atoms with Crippen LogP contribution in [0.3, 0.4) is 0 Å². The first-order chi connectivity index (χ1) is 14.6. The van der Waals surface area contributed by atoms with E-state index < -0.39 is 0 Å². The Morgan fingerprint density at radius 2 is 1.83 bits per heavy atom. The summed E-state index contributed by atoms with van der Waals surface area (Å²) in [5.41, 5.74) is 2.85. The second-order valence-corrected chi connectivity index (χ2v) is 7.59. The lowest BCUT2D eigenvalue weighted by atomic mass is 10.1. The number of benzene rings is 2. The normalized spacial score (nSPS) is 13.9. The first-order valence-electron chi connectivity index (χ1n) is 10.3. The van der Waals surface area contributed by atoms with Gasteiger partial charge in [-0.05, 0) is 75.9 Å². The van der Waals surface area contributed by atoms with E-state index in [2.05, 4.69) is 10.5 Å². The molecule has 4 rings (SSSR count). The Morgan fingerprint density at radius 1 is 1.10 bits per heavy atom. The van der Waals surface area contributed by atoms with E-state index in [1.807, 2.05) is 50.2 Å². The lowest BCUT2D eigenvalue weighted by Gasteiger charge is -2.14. The third kappa shape index (κ3) is 4.64. The quantitative estimate of drug-likeness (QED) is 0.565. The van der Waals surface area contributed by atoms with E-state index in [0.29, 0.717) is 35.5 Å². The molecule has 1 saturated carbocycles. The topological polar surface area (TPSA) is 73.6 Å². The van der Waals surface area contributed by atoms with Crippen LogP contribution in [0.25, 0.3) is 0 Å². The van der Waals surface area contributed by atoms with Crippen molar-refractivity contribution in [2.45, 2.75) is 52.2 Å². The number of aryl methyl sites for hydroxylation is 2. The first kappa shape index (κ1) is 20.0. The number of carbonyl (C=O) groups excluding carboxylic acids is 1. The summed E-state index contributed by atoms with van der Waals surface area (Å²) in [6, 6.07) is 14.7. The van der Waals surface area contributed by atoms with Gasteiger partial charge in [0.15, 0.2) is 0 Å². The summed E-state index contributed by atoms with van der Waals surface area (Å²) in [5, 5.41) is 6.87. The van der Waals surface area contributed by atoms with Gasteiger partial charge in [0.2, 0.25) is 0 Å². The molecule has 1 amide bonds. The molecule has 0 saturated heterocycles. The molecule has 0 unspecified atom stereocenters. The minimum atomic E-state index is -0.228. The molecule has 2 aromatic carbocycles. The van der Waals surface area contributed by atoms with Crippen LogP contribution >= 0.6 is 0 Å². The van der Waals surface area contributed by atoms with E-state index in [-0.39, 0.29) is 5.91 Å². The number of para-hydroxylation sites is 1. The SMILES string of the molecule is Cc1noc(C)c1COc1ccccc1C(=O)Nc1ccc(OC2CCCC2)cc1. The summed E-state index contributed by atoms with van der Waals surface area (Å²) in [5.74, 6) is 1.84. The molecule has 0 atom stereocenters. The molecule has 0 radical (unpaired) electrons. The van der Waals surface area contributed by atoms with E-state index in [1.54, 1.807) is 12.1 Å². The average Bonchev–Trinajstić information content (AvgIpc) is 3.38. The van der Waals surface area contributed by atoms with Crippen molar-refractivity contribution >= 4 is 11.6 Å². The molecule has 6 heteroatoms. The molecule has 1 fully saturated rings. The van der Waals surface area contributed by atoms with Gasteiger partial charge in [0.05, 0.1) is 22.9 Å². The molecule has 1 N–H and O–H groups in total. The zero-order chi connectivity index (χ0) is 20.9. The van der Waals surface area contributed by atoms with Crippen LogP contribution in [-0.4, -0.2) is 17.2 Å². The molecular formula is C24H26N2O4. The predicted octanol–water partition coefficient (Wildman–Crippen LogP) is 5.44. The van der Waals surface area contributed by atoms with Crippen molar-refractivity contribution in [2.24, 2.45) is 0 Å². The summed E-state index contributed by atoms with van der Waals surface area (Å²) in [7, 11) is 0. The highest BCUT2D eigenvalue weighted by atomic mass is 16.5. The van der Waals surface area contributed by atoms with Crippen LogP contribution in [0, 0.1) is 13.8 Å². The van der Waals surface area contributed by atoms with Crippen molar-refractivity contribution in [3.63, 3.8) is 0 Å². The van der Waals surface area contributed by atoms with Gasteiger partial charge in [-0.2, -0.15) is 0 Å². The van der Waals surface area contributed by atoms with E-state index >= 15 is 0 Å². The summed E-state index contributed by atoms with van der Waals surface area (Å²) in [6.45, 7) is 4.00. The average molecular weight is 406 g/mol. The fraction of sp³-hybridized carbons (Fsp3) is 0.333. The van der Waals surface area contributed by atoms with Crippen molar-refractivity contribution in [1.29, 1.82) is 0 Å². The van der Waals surface area contributed by atoms with Crippen LogP contribution in [-0.2, 0) is 6.61 Å². The standard InChI is InChI=1S/C24H26N2O4/c1-16-22(17(2)30-26-16)15-28-23-10-6-5-9-21(23)24(27)25-18-11-13-20(14-12-18)29-19-7-3-4-8-19/h5-6,9-14,19H,3-4,7-8,15H2,1-2H3,(H,25,27). The Morgan fingerprint density at radius 3 is 2.53 bits per heavy atom. The molecule has 0 bridgehead atoms. The molecule has 6 nitrogen and oxygen atoms in total. The zero-order valence-corrected chi connectivity index (χ0v) is 17.3. The van der Waals surface area contributed by atoms with Gasteiger partial charge in [-0.3, -0.25) is 4.79 Å². The fourth-order valence-electron chi connectivity index (χ4n) is 3.65. The Balaban J connectivity index is 1.41. The third-order valence-corrected chi connectivity index (χ3v) is 5.40. The Labute approximate surface area is 176 Å². The van der Waals surface area contributed by atoms with Gasteiger partial charge < -0.3 is 19.3 Å². The van der Waals surface area contributed by atoms with Crippen molar-refractivity contribution in [2.75, 3.05) is 5.32 Å². The maximum Gasteiger partial charge on any atom is 0.259 e. The highest BCUT2D eigenvalue weighted by molar-refractivity contribution is 6.06. The summed E-state index contributed by atoms with van der Waals surface area (Å²) >= 11 is 0. The molecule has 0 spiro atoms. The second-order valence-electron chi connectivity index (χ2n) is 7.59. The zero-order valence-electron chi connectivity index (χ0n) is 17.3. The molecule has 1 aliphatic carbocycles. The number of amides is 1. The number of rotatable bonds is 7. The molecule has 1 heterocycles. The second kappa shape index (κ2) is 9.03. The van der Waals surface area contributed by atoms with Crippen LogP contribution in [0.4, 0.5) is 5.69 Å². The van der Waals surface area contributed by atoms with E-state index in [9.17, 15) is 4.79 Å². The molecular weight excluding hydrogens is 380 g/mol. The van der Waals surface area contributed by atoms with E-state index in [4.69, 9.17) is 14.0 Å². The van der Waals surface area contributed by atoms with Crippen LogP contribution in [0.2, 0.25) is 0 Å². The van der Waals surface area contributed by atoms with Crippen molar-refractivity contribution < 1.29 is 18.8 Å². The van der Waals surface area contributed by atoms with Crippen molar-refractivity contribution in [3.05, 3.63) is 71.1 Å². The van der Waals surface area contributed by atoms with Crippen molar-refractivity contribution in [1.82, 2.24) is 5.16 Å². The third-order valence-electron chi connectivity index (χ3n) is 5.40. The lowest BCUT2D eigenvalue weighted by Crippen LogP contribution is -2.14. The van der Waals surface area contributed by atoms with Crippen LogP contribution in [0.1, 0.15) is 53.1 Å². The highest BCUT2D eigenvalue weighted by Crippen LogP contribution is 2.26. The lowest BCUT2D eigenvalue weighted by molar-refractivity contribution is 0.102. The highest BCUT2D eigenvalue weighted by Gasteiger charge is 2.17. The van der Waals surface area contributed by atoms with Crippen LogP contribution in [0.5, 0.6) is 11.5 Å². The molecule has 156 valence electrons. The minimum Gasteiger partial charge on any atom is -0.490 e. The number of aromatic nitrogens is 1. The van der Waals surface area contributed by atoms with Gasteiger partial charge in [-0.15, -0.1) is 0 Å². The maximum absolute atomic E-state index is 12.8. The van der Waals surface area contributed by atoms with Crippen LogP contribution < -0.4 is 14.8 Å². The number of nitrogens with one attached hydrogen (secondary N) is 1. The van der Waals surface area contributed by atoms with E-state index in [1.165, 1.54) is 12.8 Å². The number of nitrogens with zero attached hydrogens (tertiary/aromatic N) is 1. The molecule has 3 aromatic rings. The number of ether oxygens (including phenoxy) is 2. The minimum absolute atomic E-state index is 0.228. The Bertz CT molecular complexity index is 985. The number of hydrogen-bond acceptors (Lipinski definition) is 5. The first-order valence-corrected chi connectivity index (χ1v) is 10.3. The largest absolute Gasteiger partial charge is 0.490 e.